The summed E-state index contributed by atoms with van der Waals surface area (Å²) < 4.78 is 39.0. The van der Waals surface area contributed by atoms with Gasteiger partial charge in [0.2, 0.25) is 0 Å². The maximum atomic E-state index is 11.8. The average molecular weight is 271 g/mol. The first-order valence-electron chi connectivity index (χ1n) is 3.56. The average Bonchev–Trinajstić information content (AvgIpc) is 2.06. The SMILES string of the molecule is Oc1c(CBr)cccc1OC(F)(F)F. The summed E-state index contributed by atoms with van der Waals surface area (Å²) >= 11 is 3.03. The fourth-order valence-electron chi connectivity index (χ4n) is 0.883. The first-order valence-corrected chi connectivity index (χ1v) is 4.69. The van der Waals surface area contributed by atoms with Gasteiger partial charge < -0.3 is 9.84 Å². The van der Waals surface area contributed by atoms with E-state index in [0.717, 1.165) is 6.07 Å². The van der Waals surface area contributed by atoms with E-state index < -0.39 is 17.9 Å². The minimum atomic E-state index is -4.79. The molecule has 1 rings (SSSR count). The topological polar surface area (TPSA) is 29.5 Å². The number of phenols is 1. The summed E-state index contributed by atoms with van der Waals surface area (Å²) in [6, 6.07) is 3.92. The van der Waals surface area contributed by atoms with Crippen LogP contribution < -0.4 is 4.74 Å². The van der Waals surface area contributed by atoms with Gasteiger partial charge in [-0.1, -0.05) is 28.1 Å². The molecular weight excluding hydrogens is 265 g/mol. The number of halogens is 4. The molecule has 6 heteroatoms. The van der Waals surface area contributed by atoms with E-state index >= 15 is 0 Å². The summed E-state index contributed by atoms with van der Waals surface area (Å²) in [6.07, 6.45) is -4.79. The lowest BCUT2D eigenvalue weighted by molar-refractivity contribution is -0.275. The summed E-state index contributed by atoms with van der Waals surface area (Å²) in [5.41, 5.74) is 0.340. The van der Waals surface area contributed by atoms with Gasteiger partial charge in [-0.2, -0.15) is 0 Å². The molecule has 0 heterocycles. The van der Waals surface area contributed by atoms with Gasteiger partial charge in [-0.15, -0.1) is 13.2 Å². The van der Waals surface area contributed by atoms with E-state index in [1.54, 1.807) is 0 Å². The number of phenolic OH excluding ortho intramolecular Hbond substituents is 1. The van der Waals surface area contributed by atoms with Crippen molar-refractivity contribution in [1.82, 2.24) is 0 Å². The van der Waals surface area contributed by atoms with Crippen molar-refractivity contribution in [3.63, 3.8) is 0 Å². The van der Waals surface area contributed by atoms with Gasteiger partial charge in [0, 0.05) is 10.9 Å². The molecule has 0 amide bonds. The van der Waals surface area contributed by atoms with Gasteiger partial charge in [0.05, 0.1) is 0 Å². The summed E-state index contributed by atoms with van der Waals surface area (Å²) in [5.74, 6) is -1.09. The molecule has 1 aromatic rings. The summed E-state index contributed by atoms with van der Waals surface area (Å²) in [7, 11) is 0. The van der Waals surface area contributed by atoms with Crippen LogP contribution in [0.1, 0.15) is 5.56 Å². The van der Waals surface area contributed by atoms with Gasteiger partial charge in [-0.05, 0) is 6.07 Å². The largest absolute Gasteiger partial charge is 0.573 e. The molecule has 0 saturated heterocycles. The van der Waals surface area contributed by atoms with Crippen molar-refractivity contribution in [3.8, 4) is 11.5 Å². The number of hydrogen-bond acceptors (Lipinski definition) is 2. The van der Waals surface area contributed by atoms with Crippen LogP contribution in [0.4, 0.5) is 13.2 Å². The van der Waals surface area contributed by atoms with Crippen LogP contribution in [0.25, 0.3) is 0 Å². The summed E-state index contributed by atoms with van der Waals surface area (Å²) in [6.45, 7) is 0. The Labute approximate surface area is 86.4 Å². The summed E-state index contributed by atoms with van der Waals surface area (Å²) in [5, 5.41) is 9.55. The predicted octanol–water partition coefficient (Wildman–Crippen LogP) is 3.19. The van der Waals surface area contributed by atoms with Crippen LogP contribution in [-0.4, -0.2) is 11.5 Å². The molecule has 0 bridgehead atoms. The highest BCUT2D eigenvalue weighted by atomic mass is 79.9. The summed E-state index contributed by atoms with van der Waals surface area (Å²) in [4.78, 5) is 0. The highest BCUT2D eigenvalue weighted by Gasteiger charge is 2.32. The number of aromatic hydroxyl groups is 1. The lowest BCUT2D eigenvalue weighted by Gasteiger charge is -2.11. The molecule has 0 fully saturated rings. The third kappa shape index (κ3) is 2.80. The van der Waals surface area contributed by atoms with Gasteiger partial charge in [0.25, 0.3) is 0 Å². The monoisotopic (exact) mass is 270 g/mol. The van der Waals surface area contributed by atoms with E-state index in [4.69, 9.17) is 0 Å². The van der Waals surface area contributed by atoms with Gasteiger partial charge in [0.15, 0.2) is 11.5 Å². The molecule has 1 aromatic carbocycles. The zero-order chi connectivity index (χ0) is 10.8. The quantitative estimate of drug-likeness (QED) is 0.837. The van der Waals surface area contributed by atoms with Crippen LogP contribution >= 0.6 is 15.9 Å². The highest BCUT2D eigenvalue weighted by molar-refractivity contribution is 9.08. The van der Waals surface area contributed by atoms with Crippen LogP contribution in [-0.2, 0) is 5.33 Å². The van der Waals surface area contributed by atoms with Crippen LogP contribution in [0.3, 0.4) is 0 Å². The molecule has 0 spiro atoms. The first-order chi connectivity index (χ1) is 6.44. The Morgan fingerprint density at radius 1 is 1.36 bits per heavy atom. The third-order valence-electron chi connectivity index (χ3n) is 1.45. The second kappa shape index (κ2) is 4.08. The van der Waals surface area contributed by atoms with Crippen molar-refractivity contribution < 1.29 is 23.0 Å². The Kier molecular flexibility index (Phi) is 3.25. The highest BCUT2D eigenvalue weighted by Crippen LogP contribution is 2.34. The van der Waals surface area contributed by atoms with E-state index in [1.165, 1.54) is 12.1 Å². The Morgan fingerprint density at radius 2 is 2.00 bits per heavy atom. The molecule has 0 radical (unpaired) electrons. The maximum absolute atomic E-state index is 11.8. The number of alkyl halides is 4. The number of rotatable bonds is 2. The smallest absolute Gasteiger partial charge is 0.504 e. The zero-order valence-electron chi connectivity index (χ0n) is 6.81. The first kappa shape index (κ1) is 11.2. The molecule has 0 atom stereocenters. The van der Waals surface area contributed by atoms with Crippen LogP contribution in [0.5, 0.6) is 11.5 Å². The minimum Gasteiger partial charge on any atom is -0.504 e. The molecule has 14 heavy (non-hydrogen) atoms. The molecule has 0 aliphatic heterocycles. The molecule has 0 aliphatic rings. The van der Waals surface area contributed by atoms with Crippen molar-refractivity contribution >= 4 is 15.9 Å². The van der Waals surface area contributed by atoms with Crippen molar-refractivity contribution in [1.29, 1.82) is 0 Å². The van der Waals surface area contributed by atoms with E-state index in [1.807, 2.05) is 0 Å². The van der Waals surface area contributed by atoms with Crippen LogP contribution in [0.2, 0.25) is 0 Å². The molecule has 0 aromatic heterocycles. The second-order valence-electron chi connectivity index (χ2n) is 2.45. The molecule has 2 nitrogen and oxygen atoms in total. The fourth-order valence-corrected chi connectivity index (χ4v) is 1.34. The van der Waals surface area contributed by atoms with E-state index in [2.05, 4.69) is 20.7 Å². The number of ether oxygens (including phenoxy) is 1. The number of hydrogen-bond donors (Lipinski definition) is 1. The standard InChI is InChI=1S/C8H6BrF3O2/c9-4-5-2-1-3-6(7(5)13)14-8(10,11)12/h1-3,13H,4H2. The molecule has 0 saturated carbocycles. The maximum Gasteiger partial charge on any atom is 0.573 e. The Morgan fingerprint density at radius 3 is 2.50 bits per heavy atom. The van der Waals surface area contributed by atoms with Crippen molar-refractivity contribution in [2.75, 3.05) is 0 Å². The van der Waals surface area contributed by atoms with Crippen LogP contribution in [0, 0.1) is 0 Å². The van der Waals surface area contributed by atoms with Gasteiger partial charge in [0.1, 0.15) is 0 Å². The van der Waals surface area contributed by atoms with Crippen molar-refractivity contribution in [3.05, 3.63) is 23.8 Å². The van der Waals surface area contributed by atoms with Gasteiger partial charge in [-0.25, -0.2) is 0 Å². The lowest BCUT2D eigenvalue weighted by Crippen LogP contribution is -2.17. The lowest BCUT2D eigenvalue weighted by atomic mass is 10.2. The zero-order valence-corrected chi connectivity index (χ0v) is 8.39. The molecular formula is C8H6BrF3O2. The van der Waals surface area contributed by atoms with Gasteiger partial charge in [-0.3, -0.25) is 0 Å². The molecule has 0 aliphatic carbocycles. The van der Waals surface area contributed by atoms with Crippen molar-refractivity contribution in [2.45, 2.75) is 11.7 Å². The Hall–Kier alpha value is -0.910. The van der Waals surface area contributed by atoms with Crippen LogP contribution in [0.15, 0.2) is 18.2 Å². The number of para-hydroxylation sites is 1. The predicted molar refractivity (Wildman–Crippen MR) is 47.4 cm³/mol. The van der Waals surface area contributed by atoms with E-state index in [-0.39, 0.29) is 5.33 Å². The van der Waals surface area contributed by atoms with E-state index in [9.17, 15) is 18.3 Å². The van der Waals surface area contributed by atoms with Crippen molar-refractivity contribution in [2.24, 2.45) is 0 Å². The fraction of sp³-hybridized carbons (Fsp3) is 0.250. The van der Waals surface area contributed by atoms with Gasteiger partial charge >= 0.3 is 6.36 Å². The normalized spacial score (nSPS) is 11.4. The van der Waals surface area contributed by atoms with E-state index in [0.29, 0.717) is 5.56 Å². The Bertz CT molecular complexity index is 325. The molecule has 1 N–H and O–H groups in total. The molecule has 78 valence electrons. The minimum absolute atomic E-state index is 0.258. The Balaban J connectivity index is 2.98. The number of benzene rings is 1. The third-order valence-corrected chi connectivity index (χ3v) is 2.06. The second-order valence-corrected chi connectivity index (χ2v) is 3.01. The molecule has 0 unspecified atom stereocenters.